The van der Waals surface area contributed by atoms with Gasteiger partial charge >= 0.3 is 0 Å². The van der Waals surface area contributed by atoms with Gasteiger partial charge in [0.15, 0.2) is 5.82 Å². The van der Waals surface area contributed by atoms with Crippen molar-refractivity contribution in [2.24, 2.45) is 5.92 Å². The molecule has 0 amide bonds. The van der Waals surface area contributed by atoms with Crippen LogP contribution in [0.3, 0.4) is 0 Å². The van der Waals surface area contributed by atoms with Crippen LogP contribution in [0.25, 0.3) is 11.3 Å². The molecule has 4 rings (SSSR count). The molecule has 0 radical (unpaired) electrons. The Kier molecular flexibility index (Phi) is 5.73. The van der Waals surface area contributed by atoms with Crippen molar-refractivity contribution in [3.8, 4) is 11.3 Å². The van der Waals surface area contributed by atoms with E-state index in [2.05, 4.69) is 24.3 Å². The minimum atomic E-state index is -0.0615. The van der Waals surface area contributed by atoms with Crippen LogP contribution in [0.15, 0.2) is 41.5 Å². The van der Waals surface area contributed by atoms with E-state index in [1.807, 2.05) is 12.1 Å². The maximum absolute atomic E-state index is 12.3. The van der Waals surface area contributed by atoms with Gasteiger partial charge in [0.25, 0.3) is 5.56 Å². The van der Waals surface area contributed by atoms with Crippen molar-refractivity contribution in [3.05, 3.63) is 52.8 Å². The molecule has 4 heterocycles. The molecule has 8 nitrogen and oxygen atoms in total. The first-order valence-electron chi connectivity index (χ1n) is 9.28. The second-order valence-corrected chi connectivity index (χ2v) is 7.56. The lowest BCUT2D eigenvalue weighted by Gasteiger charge is -2.31. The minimum Gasteiger partial charge on any atom is -0.377 e. The third-order valence-electron chi connectivity index (χ3n) is 4.89. The Labute approximate surface area is 167 Å². The van der Waals surface area contributed by atoms with Crippen molar-refractivity contribution in [2.75, 3.05) is 25.1 Å². The summed E-state index contributed by atoms with van der Waals surface area (Å²) in [6.07, 6.45) is 5.45. The van der Waals surface area contributed by atoms with Gasteiger partial charge in [0.1, 0.15) is 6.61 Å². The average Bonchev–Trinajstić information content (AvgIpc) is 3.20. The van der Waals surface area contributed by atoms with Crippen molar-refractivity contribution in [3.63, 3.8) is 0 Å². The van der Waals surface area contributed by atoms with Crippen LogP contribution in [0.4, 0.5) is 5.13 Å². The van der Waals surface area contributed by atoms with Crippen LogP contribution in [0.5, 0.6) is 0 Å². The van der Waals surface area contributed by atoms with E-state index >= 15 is 0 Å². The number of anilines is 1. The van der Waals surface area contributed by atoms with Crippen LogP contribution in [0, 0.1) is 5.92 Å². The summed E-state index contributed by atoms with van der Waals surface area (Å²) in [6, 6.07) is 7.16. The topological polar surface area (TPSA) is 86.0 Å². The number of nitrogens with zero attached hydrogens (tertiary/aromatic N) is 6. The predicted octanol–water partition coefficient (Wildman–Crippen LogP) is 2.22. The highest BCUT2D eigenvalue weighted by Gasteiger charge is 2.23. The highest BCUT2D eigenvalue weighted by atomic mass is 32.1. The zero-order chi connectivity index (χ0) is 19.3. The molecule has 1 fully saturated rings. The molecule has 9 heteroatoms. The van der Waals surface area contributed by atoms with Gasteiger partial charge in [0, 0.05) is 62.3 Å². The van der Waals surface area contributed by atoms with Crippen LogP contribution < -0.4 is 10.5 Å². The van der Waals surface area contributed by atoms with E-state index in [0.717, 1.165) is 48.1 Å². The molecule has 0 unspecified atom stereocenters. The summed E-state index contributed by atoms with van der Waals surface area (Å²) in [5.41, 5.74) is 1.69. The normalized spacial score (nSPS) is 15.1. The van der Waals surface area contributed by atoms with Gasteiger partial charge in [0.05, 0.1) is 5.69 Å². The van der Waals surface area contributed by atoms with Crippen molar-refractivity contribution < 1.29 is 4.74 Å². The third-order valence-corrected chi connectivity index (χ3v) is 5.70. The molecule has 1 saturated heterocycles. The van der Waals surface area contributed by atoms with Gasteiger partial charge < -0.3 is 9.64 Å². The van der Waals surface area contributed by atoms with Crippen LogP contribution in [-0.4, -0.2) is 44.3 Å². The number of hydrogen-bond acceptors (Lipinski definition) is 8. The van der Waals surface area contributed by atoms with E-state index < -0.39 is 0 Å². The molecule has 0 aliphatic carbocycles. The van der Waals surface area contributed by atoms with Crippen LogP contribution >= 0.6 is 11.5 Å². The summed E-state index contributed by atoms with van der Waals surface area (Å²) in [4.78, 5) is 23.1. The van der Waals surface area contributed by atoms with Gasteiger partial charge in [0.2, 0.25) is 5.13 Å². The molecule has 3 aromatic heterocycles. The Bertz CT molecular complexity index is 966. The van der Waals surface area contributed by atoms with Gasteiger partial charge in [-0.1, -0.05) is 0 Å². The van der Waals surface area contributed by atoms with E-state index in [-0.39, 0.29) is 5.56 Å². The quantitative estimate of drug-likeness (QED) is 0.629. The number of ether oxygens (including phenoxy) is 1. The monoisotopic (exact) mass is 398 g/mol. The Hall–Kier alpha value is -2.65. The Balaban J connectivity index is 1.40. The predicted molar refractivity (Wildman–Crippen MR) is 107 cm³/mol. The molecule has 0 bridgehead atoms. The molecule has 0 N–H and O–H groups in total. The van der Waals surface area contributed by atoms with Gasteiger partial charge in [-0.2, -0.15) is 9.47 Å². The molecule has 28 heavy (non-hydrogen) atoms. The molecule has 1 aliphatic rings. The van der Waals surface area contributed by atoms with E-state index in [0.29, 0.717) is 19.1 Å². The lowest BCUT2D eigenvalue weighted by atomic mass is 9.97. The molecule has 146 valence electrons. The minimum absolute atomic E-state index is 0.0615. The smallest absolute Gasteiger partial charge is 0.266 e. The Morgan fingerprint density at radius 1 is 1.18 bits per heavy atom. The summed E-state index contributed by atoms with van der Waals surface area (Å²) < 4.78 is 11.0. The van der Waals surface area contributed by atoms with Gasteiger partial charge in [-0.05, 0) is 37.0 Å². The molecule has 1 aliphatic heterocycles. The Morgan fingerprint density at radius 3 is 2.71 bits per heavy atom. The van der Waals surface area contributed by atoms with Gasteiger partial charge in [-0.3, -0.25) is 9.78 Å². The van der Waals surface area contributed by atoms with Crippen molar-refractivity contribution in [1.82, 2.24) is 24.1 Å². The molecule has 0 saturated carbocycles. The van der Waals surface area contributed by atoms with Crippen molar-refractivity contribution >= 4 is 16.7 Å². The lowest BCUT2D eigenvalue weighted by molar-refractivity contribution is 0.179. The van der Waals surface area contributed by atoms with Crippen molar-refractivity contribution in [2.45, 2.75) is 26.0 Å². The fraction of sp³-hybridized carbons (Fsp3) is 0.421. The second kappa shape index (κ2) is 8.57. The molecule has 3 aromatic rings. The summed E-state index contributed by atoms with van der Waals surface area (Å²) in [5.74, 6) is 1.15. The number of pyridine rings is 1. The van der Waals surface area contributed by atoms with Gasteiger partial charge in [-0.15, -0.1) is 0 Å². The largest absolute Gasteiger partial charge is 0.377 e. The van der Waals surface area contributed by atoms with Crippen LogP contribution in [-0.2, 0) is 17.9 Å². The molecule has 0 spiro atoms. The second-order valence-electron chi connectivity index (χ2n) is 6.83. The Morgan fingerprint density at radius 2 is 1.96 bits per heavy atom. The SMILES string of the molecule is COCc1nsc(N2CCC(Cn3nc(-c4ccncc4)ccc3=O)CC2)n1. The average molecular weight is 398 g/mol. The number of piperidine rings is 1. The molecule has 0 atom stereocenters. The summed E-state index contributed by atoms with van der Waals surface area (Å²) in [6.45, 7) is 2.89. The first-order valence-corrected chi connectivity index (χ1v) is 10.1. The maximum atomic E-state index is 12.3. The number of rotatable bonds is 6. The summed E-state index contributed by atoms with van der Waals surface area (Å²) in [5, 5.41) is 5.51. The number of aromatic nitrogens is 5. The first kappa shape index (κ1) is 18.7. The fourth-order valence-electron chi connectivity index (χ4n) is 3.37. The van der Waals surface area contributed by atoms with E-state index in [1.54, 1.807) is 36.3 Å². The van der Waals surface area contributed by atoms with E-state index in [1.165, 1.54) is 11.5 Å². The fourth-order valence-corrected chi connectivity index (χ4v) is 4.09. The summed E-state index contributed by atoms with van der Waals surface area (Å²) >= 11 is 1.42. The zero-order valence-corrected chi connectivity index (χ0v) is 16.5. The zero-order valence-electron chi connectivity index (χ0n) is 15.7. The van der Waals surface area contributed by atoms with E-state index in [4.69, 9.17) is 4.74 Å². The molecular formula is C19H22N6O2S. The third kappa shape index (κ3) is 4.26. The van der Waals surface area contributed by atoms with Gasteiger partial charge in [-0.25, -0.2) is 9.67 Å². The standard InChI is InChI=1S/C19H22N6O2S/c1-27-13-17-21-19(28-23-17)24-10-6-14(7-11-24)12-25-18(26)3-2-16(22-25)15-4-8-20-9-5-15/h2-5,8-9,14H,6-7,10-13H2,1H3. The lowest BCUT2D eigenvalue weighted by Crippen LogP contribution is -2.36. The highest BCUT2D eigenvalue weighted by molar-refractivity contribution is 7.09. The van der Waals surface area contributed by atoms with Crippen LogP contribution in [0.2, 0.25) is 0 Å². The van der Waals surface area contributed by atoms with E-state index in [9.17, 15) is 4.79 Å². The molecule has 0 aromatic carbocycles. The highest BCUT2D eigenvalue weighted by Crippen LogP contribution is 2.25. The first-order chi connectivity index (χ1) is 13.7. The summed E-state index contributed by atoms with van der Waals surface area (Å²) in [7, 11) is 1.64. The number of hydrogen-bond donors (Lipinski definition) is 0. The van der Waals surface area contributed by atoms with Crippen molar-refractivity contribution in [1.29, 1.82) is 0 Å². The molecular weight excluding hydrogens is 376 g/mol. The number of methoxy groups -OCH3 is 1. The van der Waals surface area contributed by atoms with Crippen LogP contribution in [0.1, 0.15) is 18.7 Å². The maximum Gasteiger partial charge on any atom is 0.266 e.